The van der Waals surface area contributed by atoms with E-state index in [4.69, 9.17) is 0 Å². The Balaban J connectivity index is 2.01. The van der Waals surface area contributed by atoms with Gasteiger partial charge in [-0.05, 0) is 30.7 Å². The predicted octanol–water partition coefficient (Wildman–Crippen LogP) is 2.47. The van der Waals surface area contributed by atoms with Gasteiger partial charge in [-0.3, -0.25) is 9.78 Å². The Morgan fingerprint density at radius 2 is 2.20 bits per heavy atom. The molecule has 0 saturated heterocycles. The fraction of sp³-hybridized carbons (Fsp3) is 0.200. The number of aromatic nitrogens is 4. The maximum absolute atomic E-state index is 12.5. The van der Waals surface area contributed by atoms with Crippen LogP contribution in [0, 0.1) is 0 Å². The van der Waals surface area contributed by atoms with Gasteiger partial charge in [0.05, 0.1) is 11.7 Å². The summed E-state index contributed by atoms with van der Waals surface area (Å²) in [7, 11) is 0. The first-order valence-corrected chi connectivity index (χ1v) is 6.57. The molecule has 0 atom stereocenters. The standard InChI is InChI=1S/C15H14N4O/c1-2-8-19-14(10-17-18-19)15(20)12-5-6-13-11(9-12)4-3-7-16-13/h3-7,9-10H,2,8H2,1H3. The van der Waals surface area contributed by atoms with E-state index in [-0.39, 0.29) is 5.78 Å². The van der Waals surface area contributed by atoms with Crippen LogP contribution in [0.2, 0.25) is 0 Å². The highest BCUT2D eigenvalue weighted by molar-refractivity contribution is 6.09. The molecule has 0 saturated carbocycles. The van der Waals surface area contributed by atoms with E-state index >= 15 is 0 Å². The number of hydrogen-bond donors (Lipinski definition) is 0. The molecule has 3 rings (SSSR count). The molecule has 0 radical (unpaired) electrons. The van der Waals surface area contributed by atoms with Crippen molar-refractivity contribution < 1.29 is 4.79 Å². The molecule has 0 unspecified atom stereocenters. The van der Waals surface area contributed by atoms with Gasteiger partial charge in [-0.1, -0.05) is 18.2 Å². The summed E-state index contributed by atoms with van der Waals surface area (Å²) in [5.41, 5.74) is 2.03. The quantitative estimate of drug-likeness (QED) is 0.681. The number of pyridine rings is 1. The normalized spacial score (nSPS) is 10.8. The SMILES string of the molecule is CCCn1nncc1C(=O)c1ccc2ncccc2c1. The summed E-state index contributed by atoms with van der Waals surface area (Å²) in [5, 5.41) is 8.73. The van der Waals surface area contributed by atoms with Crippen LogP contribution < -0.4 is 0 Å². The molecule has 0 N–H and O–H groups in total. The summed E-state index contributed by atoms with van der Waals surface area (Å²) in [6.07, 6.45) is 4.17. The maximum atomic E-state index is 12.5. The first kappa shape index (κ1) is 12.5. The van der Waals surface area contributed by atoms with E-state index in [2.05, 4.69) is 15.3 Å². The fourth-order valence-electron chi connectivity index (χ4n) is 2.18. The second-order valence-electron chi connectivity index (χ2n) is 4.58. The predicted molar refractivity (Wildman–Crippen MR) is 75.5 cm³/mol. The number of nitrogens with zero attached hydrogens (tertiary/aromatic N) is 4. The van der Waals surface area contributed by atoms with E-state index in [0.717, 1.165) is 17.3 Å². The van der Waals surface area contributed by atoms with E-state index in [1.54, 1.807) is 16.9 Å². The van der Waals surface area contributed by atoms with Crippen molar-refractivity contribution in [1.29, 1.82) is 0 Å². The number of fused-ring (bicyclic) bond motifs is 1. The third-order valence-corrected chi connectivity index (χ3v) is 3.15. The molecular formula is C15H14N4O. The lowest BCUT2D eigenvalue weighted by Crippen LogP contribution is -2.11. The van der Waals surface area contributed by atoms with E-state index in [1.165, 1.54) is 6.20 Å². The van der Waals surface area contributed by atoms with Gasteiger partial charge >= 0.3 is 0 Å². The van der Waals surface area contributed by atoms with Crippen LogP contribution in [0.15, 0.2) is 42.7 Å². The average molecular weight is 266 g/mol. The minimum absolute atomic E-state index is 0.0609. The number of ketones is 1. The highest BCUT2D eigenvalue weighted by atomic mass is 16.1. The number of carbonyl (C=O) groups excluding carboxylic acids is 1. The summed E-state index contributed by atoms with van der Waals surface area (Å²) >= 11 is 0. The van der Waals surface area contributed by atoms with Gasteiger partial charge in [-0.15, -0.1) is 5.10 Å². The zero-order valence-electron chi connectivity index (χ0n) is 11.2. The molecule has 0 amide bonds. The number of hydrogen-bond acceptors (Lipinski definition) is 4. The van der Waals surface area contributed by atoms with E-state index < -0.39 is 0 Å². The van der Waals surface area contributed by atoms with Crippen LogP contribution in [-0.4, -0.2) is 25.8 Å². The second kappa shape index (κ2) is 5.21. The molecule has 0 aliphatic heterocycles. The molecule has 5 heteroatoms. The lowest BCUT2D eigenvalue weighted by molar-refractivity contribution is 0.102. The zero-order chi connectivity index (χ0) is 13.9. The molecule has 2 heterocycles. The minimum atomic E-state index is -0.0609. The summed E-state index contributed by atoms with van der Waals surface area (Å²) in [6.45, 7) is 2.73. The van der Waals surface area contributed by atoms with Gasteiger partial charge in [0, 0.05) is 23.7 Å². The highest BCUT2D eigenvalue weighted by Gasteiger charge is 2.15. The molecule has 0 bridgehead atoms. The lowest BCUT2D eigenvalue weighted by atomic mass is 10.1. The maximum Gasteiger partial charge on any atom is 0.212 e. The van der Waals surface area contributed by atoms with Crippen molar-refractivity contribution in [3.8, 4) is 0 Å². The van der Waals surface area contributed by atoms with Gasteiger partial charge in [0.25, 0.3) is 0 Å². The third kappa shape index (κ3) is 2.18. The minimum Gasteiger partial charge on any atom is -0.287 e. The van der Waals surface area contributed by atoms with Gasteiger partial charge in [0.1, 0.15) is 5.69 Å². The average Bonchev–Trinajstić information content (AvgIpc) is 2.94. The molecule has 0 spiro atoms. The number of rotatable bonds is 4. The van der Waals surface area contributed by atoms with Gasteiger partial charge in [0.2, 0.25) is 5.78 Å². The Hall–Kier alpha value is -2.56. The van der Waals surface area contributed by atoms with Crippen molar-refractivity contribution in [2.75, 3.05) is 0 Å². The summed E-state index contributed by atoms with van der Waals surface area (Å²) < 4.78 is 1.65. The van der Waals surface area contributed by atoms with Gasteiger partial charge in [-0.2, -0.15) is 0 Å². The first-order chi connectivity index (χ1) is 9.79. The second-order valence-corrected chi connectivity index (χ2v) is 4.58. The smallest absolute Gasteiger partial charge is 0.212 e. The number of benzene rings is 1. The van der Waals surface area contributed by atoms with Crippen LogP contribution in [0.4, 0.5) is 0 Å². The molecule has 5 nitrogen and oxygen atoms in total. The fourth-order valence-corrected chi connectivity index (χ4v) is 2.18. The van der Waals surface area contributed by atoms with Gasteiger partial charge in [-0.25, -0.2) is 4.68 Å². The Morgan fingerprint density at radius 3 is 3.05 bits per heavy atom. The van der Waals surface area contributed by atoms with Crippen molar-refractivity contribution in [2.45, 2.75) is 19.9 Å². The van der Waals surface area contributed by atoms with Crippen molar-refractivity contribution in [3.63, 3.8) is 0 Å². The number of aryl methyl sites for hydroxylation is 1. The molecule has 0 fully saturated rings. The highest BCUT2D eigenvalue weighted by Crippen LogP contribution is 2.16. The zero-order valence-corrected chi connectivity index (χ0v) is 11.2. The molecule has 1 aromatic carbocycles. The van der Waals surface area contributed by atoms with Crippen molar-refractivity contribution in [1.82, 2.24) is 20.0 Å². The first-order valence-electron chi connectivity index (χ1n) is 6.57. The molecule has 3 aromatic rings. The number of carbonyl (C=O) groups is 1. The Kier molecular flexibility index (Phi) is 3.25. The third-order valence-electron chi connectivity index (χ3n) is 3.15. The van der Waals surface area contributed by atoms with Crippen LogP contribution in [0.25, 0.3) is 10.9 Å². The van der Waals surface area contributed by atoms with Crippen LogP contribution in [0.3, 0.4) is 0 Å². The topological polar surface area (TPSA) is 60.7 Å². The van der Waals surface area contributed by atoms with Crippen molar-refractivity contribution in [2.24, 2.45) is 0 Å². The molecule has 100 valence electrons. The largest absolute Gasteiger partial charge is 0.287 e. The van der Waals surface area contributed by atoms with Crippen LogP contribution in [0.5, 0.6) is 0 Å². The monoisotopic (exact) mass is 266 g/mol. The summed E-state index contributed by atoms with van der Waals surface area (Å²) in [4.78, 5) is 16.8. The Labute approximate surface area is 116 Å². The van der Waals surface area contributed by atoms with Crippen LogP contribution in [-0.2, 0) is 6.54 Å². The van der Waals surface area contributed by atoms with Crippen LogP contribution >= 0.6 is 0 Å². The van der Waals surface area contributed by atoms with Crippen molar-refractivity contribution >= 4 is 16.7 Å². The van der Waals surface area contributed by atoms with Gasteiger partial charge in [0.15, 0.2) is 0 Å². The Morgan fingerprint density at radius 1 is 1.30 bits per heavy atom. The molecule has 0 aliphatic rings. The van der Waals surface area contributed by atoms with E-state index in [1.807, 2.05) is 31.2 Å². The molecule has 2 aromatic heterocycles. The molecule has 0 aliphatic carbocycles. The van der Waals surface area contributed by atoms with Gasteiger partial charge < -0.3 is 0 Å². The summed E-state index contributed by atoms with van der Waals surface area (Å²) in [5.74, 6) is -0.0609. The molecule has 20 heavy (non-hydrogen) atoms. The van der Waals surface area contributed by atoms with Crippen molar-refractivity contribution in [3.05, 3.63) is 54.0 Å². The molecular weight excluding hydrogens is 252 g/mol. The summed E-state index contributed by atoms with van der Waals surface area (Å²) in [6, 6.07) is 9.31. The van der Waals surface area contributed by atoms with E-state index in [0.29, 0.717) is 17.8 Å². The van der Waals surface area contributed by atoms with Crippen LogP contribution in [0.1, 0.15) is 29.4 Å². The Bertz CT molecular complexity index is 763. The lowest BCUT2D eigenvalue weighted by Gasteiger charge is -2.05. The van der Waals surface area contributed by atoms with E-state index in [9.17, 15) is 4.79 Å².